The molecule has 1 atom stereocenters. The maximum absolute atomic E-state index is 13.8. The molecule has 5 nitrogen and oxygen atoms in total. The number of nitrogens with zero attached hydrogens (tertiary/aromatic N) is 4. The molecule has 0 N–H and O–H groups in total. The number of benzene rings is 2. The van der Waals surface area contributed by atoms with Crippen molar-refractivity contribution in [3.05, 3.63) is 82.7 Å². The molecule has 1 aliphatic carbocycles. The molecule has 2 aromatic carbocycles. The van der Waals surface area contributed by atoms with Crippen LogP contribution in [0.5, 0.6) is 0 Å². The lowest BCUT2D eigenvalue weighted by molar-refractivity contribution is 0.0491. The highest BCUT2D eigenvalue weighted by atomic mass is 16.2. The lowest BCUT2D eigenvalue weighted by Crippen LogP contribution is -2.49. The quantitative estimate of drug-likeness (QED) is 0.672. The summed E-state index contributed by atoms with van der Waals surface area (Å²) in [5.41, 5.74) is 6.44. The highest BCUT2D eigenvalue weighted by Crippen LogP contribution is 2.32. The number of likely N-dealkylation sites (N-methyl/N-ethyl adjacent to an activating group) is 1. The standard InChI is InChI=1S/C25H28N4O/c1-18-11-13-20(14-12-18)29-22-10-6-9-21(22)24(26-29)25(30)28-16-15-27(2)17-23(28)19-7-4-3-5-8-19/h3-5,7-8,11-14,23H,6,9-10,15-17H2,1-2H3. The van der Waals surface area contributed by atoms with E-state index in [0.29, 0.717) is 5.69 Å². The molecule has 0 saturated carbocycles. The van der Waals surface area contributed by atoms with Gasteiger partial charge in [-0.15, -0.1) is 0 Å². The Hall–Kier alpha value is -2.92. The van der Waals surface area contributed by atoms with E-state index in [-0.39, 0.29) is 11.9 Å². The third-order valence-corrected chi connectivity index (χ3v) is 6.44. The first-order valence-electron chi connectivity index (χ1n) is 10.8. The fourth-order valence-electron chi connectivity index (χ4n) is 4.77. The van der Waals surface area contributed by atoms with Crippen LogP contribution in [0, 0.1) is 6.92 Å². The predicted octanol–water partition coefficient (Wildman–Crippen LogP) is 3.80. The average molecular weight is 401 g/mol. The molecule has 5 rings (SSSR count). The summed E-state index contributed by atoms with van der Waals surface area (Å²) in [6.45, 7) is 4.54. The molecule has 2 heterocycles. The number of aryl methyl sites for hydroxylation is 1. The fraction of sp³-hybridized carbons (Fsp3) is 0.360. The summed E-state index contributed by atoms with van der Waals surface area (Å²) < 4.78 is 2.00. The van der Waals surface area contributed by atoms with Gasteiger partial charge >= 0.3 is 0 Å². The second-order valence-corrected chi connectivity index (χ2v) is 8.56. The smallest absolute Gasteiger partial charge is 0.275 e. The van der Waals surface area contributed by atoms with E-state index in [9.17, 15) is 4.79 Å². The molecule has 1 unspecified atom stereocenters. The number of piperazine rings is 1. The molecule has 3 aromatic rings. The van der Waals surface area contributed by atoms with E-state index in [1.165, 1.54) is 16.8 Å². The van der Waals surface area contributed by atoms with E-state index in [2.05, 4.69) is 67.4 Å². The molecule has 1 amide bonds. The van der Waals surface area contributed by atoms with Crippen molar-refractivity contribution < 1.29 is 4.79 Å². The molecule has 154 valence electrons. The van der Waals surface area contributed by atoms with Gasteiger partial charge in [0, 0.05) is 30.9 Å². The van der Waals surface area contributed by atoms with Gasteiger partial charge in [0.15, 0.2) is 5.69 Å². The zero-order valence-electron chi connectivity index (χ0n) is 17.7. The first kappa shape index (κ1) is 19.1. The number of aromatic nitrogens is 2. The van der Waals surface area contributed by atoms with Gasteiger partial charge < -0.3 is 9.80 Å². The third kappa shape index (κ3) is 3.33. The van der Waals surface area contributed by atoms with E-state index in [1.54, 1.807) is 0 Å². The topological polar surface area (TPSA) is 41.4 Å². The third-order valence-electron chi connectivity index (χ3n) is 6.44. The molecule has 0 radical (unpaired) electrons. The monoisotopic (exact) mass is 400 g/mol. The van der Waals surface area contributed by atoms with Crippen LogP contribution in [0.2, 0.25) is 0 Å². The van der Waals surface area contributed by atoms with Crippen molar-refractivity contribution in [3.63, 3.8) is 0 Å². The minimum absolute atomic E-state index is 0.0547. The van der Waals surface area contributed by atoms with Crippen molar-refractivity contribution in [2.45, 2.75) is 32.2 Å². The van der Waals surface area contributed by atoms with Gasteiger partial charge in [0.05, 0.1) is 11.7 Å². The molecule has 1 saturated heterocycles. The minimum atomic E-state index is 0.0547. The van der Waals surface area contributed by atoms with E-state index in [0.717, 1.165) is 50.1 Å². The normalized spacial score (nSPS) is 19.1. The van der Waals surface area contributed by atoms with Gasteiger partial charge in [-0.25, -0.2) is 4.68 Å². The van der Waals surface area contributed by atoms with Crippen molar-refractivity contribution in [2.75, 3.05) is 26.7 Å². The van der Waals surface area contributed by atoms with Crippen molar-refractivity contribution in [1.29, 1.82) is 0 Å². The van der Waals surface area contributed by atoms with Crippen LogP contribution in [0.1, 0.15) is 45.3 Å². The Labute approximate surface area is 177 Å². The molecule has 1 fully saturated rings. The first-order valence-corrected chi connectivity index (χ1v) is 10.8. The molecular weight excluding hydrogens is 372 g/mol. The molecule has 0 bridgehead atoms. The molecule has 5 heteroatoms. The molecule has 1 aliphatic heterocycles. The summed E-state index contributed by atoms with van der Waals surface area (Å²) in [5, 5.41) is 4.87. The Bertz CT molecular complexity index is 1050. The van der Waals surface area contributed by atoms with Crippen LogP contribution in [0.4, 0.5) is 0 Å². The number of carbonyl (C=O) groups excluding carboxylic acids is 1. The summed E-state index contributed by atoms with van der Waals surface area (Å²) in [4.78, 5) is 18.1. The lowest BCUT2D eigenvalue weighted by Gasteiger charge is -2.40. The number of carbonyl (C=O) groups is 1. The summed E-state index contributed by atoms with van der Waals surface area (Å²) in [5.74, 6) is 0.0703. The van der Waals surface area contributed by atoms with Gasteiger partial charge in [-0.1, -0.05) is 48.0 Å². The van der Waals surface area contributed by atoms with Gasteiger partial charge in [0.25, 0.3) is 5.91 Å². The van der Waals surface area contributed by atoms with Crippen molar-refractivity contribution in [3.8, 4) is 5.69 Å². The highest BCUT2D eigenvalue weighted by molar-refractivity contribution is 5.94. The summed E-state index contributed by atoms with van der Waals surface area (Å²) >= 11 is 0. The minimum Gasteiger partial charge on any atom is -0.328 e. The van der Waals surface area contributed by atoms with E-state index >= 15 is 0 Å². The Balaban J connectivity index is 1.53. The average Bonchev–Trinajstić information content (AvgIpc) is 3.37. The Morgan fingerprint density at radius 1 is 1.00 bits per heavy atom. The van der Waals surface area contributed by atoms with Crippen LogP contribution in [-0.2, 0) is 12.8 Å². The lowest BCUT2D eigenvalue weighted by atomic mass is 10.0. The number of fused-ring (bicyclic) bond motifs is 1. The summed E-state index contributed by atoms with van der Waals surface area (Å²) in [6.07, 6.45) is 3.00. The van der Waals surface area contributed by atoms with Crippen LogP contribution < -0.4 is 0 Å². The molecule has 1 aromatic heterocycles. The van der Waals surface area contributed by atoms with Gasteiger partial charge in [-0.05, 0) is 50.9 Å². The zero-order chi connectivity index (χ0) is 20.7. The van der Waals surface area contributed by atoms with Crippen molar-refractivity contribution in [2.24, 2.45) is 0 Å². The van der Waals surface area contributed by atoms with Gasteiger partial charge in [0.1, 0.15) is 0 Å². The molecule has 0 spiro atoms. The Morgan fingerprint density at radius 2 is 1.77 bits per heavy atom. The molecule has 30 heavy (non-hydrogen) atoms. The number of hydrogen-bond acceptors (Lipinski definition) is 3. The highest BCUT2D eigenvalue weighted by Gasteiger charge is 2.35. The van der Waals surface area contributed by atoms with Gasteiger partial charge in [0.2, 0.25) is 0 Å². The first-order chi connectivity index (χ1) is 14.6. The SMILES string of the molecule is Cc1ccc(-n2nc(C(=O)N3CCN(C)CC3c3ccccc3)c3c2CCC3)cc1. The van der Waals surface area contributed by atoms with Crippen LogP contribution in [0.15, 0.2) is 54.6 Å². The van der Waals surface area contributed by atoms with E-state index < -0.39 is 0 Å². The summed E-state index contributed by atoms with van der Waals surface area (Å²) in [7, 11) is 2.13. The fourth-order valence-corrected chi connectivity index (χ4v) is 4.77. The van der Waals surface area contributed by atoms with Crippen molar-refractivity contribution >= 4 is 5.91 Å². The molecular formula is C25H28N4O. The van der Waals surface area contributed by atoms with Gasteiger partial charge in [-0.2, -0.15) is 5.10 Å². The number of amides is 1. The van der Waals surface area contributed by atoms with Crippen LogP contribution >= 0.6 is 0 Å². The molecule has 2 aliphatic rings. The second-order valence-electron chi connectivity index (χ2n) is 8.56. The van der Waals surface area contributed by atoms with Crippen LogP contribution in [0.25, 0.3) is 5.69 Å². The Morgan fingerprint density at radius 3 is 2.53 bits per heavy atom. The predicted molar refractivity (Wildman–Crippen MR) is 118 cm³/mol. The maximum Gasteiger partial charge on any atom is 0.275 e. The largest absolute Gasteiger partial charge is 0.328 e. The maximum atomic E-state index is 13.8. The number of rotatable bonds is 3. The zero-order valence-corrected chi connectivity index (χ0v) is 17.7. The second kappa shape index (κ2) is 7.73. The van der Waals surface area contributed by atoms with Crippen LogP contribution in [0.3, 0.4) is 0 Å². The number of hydrogen-bond donors (Lipinski definition) is 0. The van der Waals surface area contributed by atoms with E-state index in [4.69, 9.17) is 5.10 Å². The van der Waals surface area contributed by atoms with Crippen molar-refractivity contribution in [1.82, 2.24) is 19.6 Å². The summed E-state index contributed by atoms with van der Waals surface area (Å²) in [6, 6.07) is 18.8. The Kier molecular flexibility index (Phi) is 4.91. The van der Waals surface area contributed by atoms with E-state index in [1.807, 2.05) is 15.6 Å². The van der Waals surface area contributed by atoms with Gasteiger partial charge in [-0.3, -0.25) is 4.79 Å². The van der Waals surface area contributed by atoms with Crippen LogP contribution in [-0.4, -0.2) is 52.2 Å².